The first-order valence-electron chi connectivity index (χ1n) is 11.9. The maximum Gasteiger partial charge on any atom is 0.419 e. The first kappa shape index (κ1) is 23.3. The molecule has 2 saturated carbocycles. The molecular weight excluding hydrogens is 388 g/mol. The van der Waals surface area contributed by atoms with E-state index in [1.165, 1.54) is 51.0 Å². The SMILES string of the molecule is CCCC1CCC(/C=C/CCC2CCC(c3ccc(C(F)(F)F)c(F)c3)CC2)CC1. The van der Waals surface area contributed by atoms with E-state index < -0.39 is 17.6 Å². The highest BCUT2D eigenvalue weighted by Crippen LogP contribution is 2.39. The summed E-state index contributed by atoms with van der Waals surface area (Å²) in [5.41, 5.74) is -0.442. The van der Waals surface area contributed by atoms with Crippen molar-refractivity contribution in [3.8, 4) is 0 Å². The van der Waals surface area contributed by atoms with Gasteiger partial charge in [0.1, 0.15) is 5.82 Å². The van der Waals surface area contributed by atoms with Crippen LogP contribution < -0.4 is 0 Å². The van der Waals surface area contributed by atoms with Crippen LogP contribution in [0.25, 0.3) is 0 Å². The van der Waals surface area contributed by atoms with Crippen LogP contribution in [0.15, 0.2) is 30.4 Å². The van der Waals surface area contributed by atoms with E-state index in [1.807, 2.05) is 0 Å². The molecule has 168 valence electrons. The fourth-order valence-corrected chi connectivity index (χ4v) is 5.50. The van der Waals surface area contributed by atoms with Crippen molar-refractivity contribution < 1.29 is 17.6 Å². The second-order valence-electron chi connectivity index (χ2n) is 9.53. The van der Waals surface area contributed by atoms with Gasteiger partial charge in [-0.15, -0.1) is 0 Å². The van der Waals surface area contributed by atoms with Crippen molar-refractivity contribution in [2.75, 3.05) is 0 Å². The molecule has 2 fully saturated rings. The normalized spacial score (nSPS) is 28.2. The van der Waals surface area contributed by atoms with Gasteiger partial charge in [0.15, 0.2) is 0 Å². The number of hydrogen-bond donors (Lipinski definition) is 0. The van der Waals surface area contributed by atoms with Gasteiger partial charge in [-0.25, -0.2) is 4.39 Å². The number of hydrogen-bond acceptors (Lipinski definition) is 0. The summed E-state index contributed by atoms with van der Waals surface area (Å²) in [6.45, 7) is 2.28. The molecule has 0 nitrogen and oxygen atoms in total. The monoisotopic (exact) mass is 424 g/mol. The van der Waals surface area contributed by atoms with Crippen LogP contribution in [0.3, 0.4) is 0 Å². The Morgan fingerprint density at radius 3 is 2.13 bits per heavy atom. The molecule has 2 aliphatic carbocycles. The van der Waals surface area contributed by atoms with Gasteiger partial charge in [0.05, 0.1) is 5.56 Å². The Balaban J connectivity index is 1.37. The van der Waals surface area contributed by atoms with Crippen LogP contribution in [-0.2, 0) is 6.18 Å². The number of halogens is 4. The zero-order valence-corrected chi connectivity index (χ0v) is 18.2. The average Bonchev–Trinajstić information content (AvgIpc) is 2.72. The highest BCUT2D eigenvalue weighted by molar-refractivity contribution is 5.29. The van der Waals surface area contributed by atoms with Crippen LogP contribution in [0.4, 0.5) is 17.6 Å². The minimum absolute atomic E-state index is 0.187. The predicted octanol–water partition coefficient (Wildman–Crippen LogP) is 9.06. The van der Waals surface area contributed by atoms with Crippen molar-refractivity contribution in [1.82, 2.24) is 0 Å². The summed E-state index contributed by atoms with van der Waals surface area (Å²) in [7, 11) is 0. The number of rotatable bonds is 7. The Hall–Kier alpha value is -1.32. The van der Waals surface area contributed by atoms with Crippen molar-refractivity contribution in [3.05, 3.63) is 47.3 Å². The van der Waals surface area contributed by atoms with Gasteiger partial charge >= 0.3 is 6.18 Å². The van der Waals surface area contributed by atoms with Gasteiger partial charge < -0.3 is 0 Å². The van der Waals surface area contributed by atoms with Crippen LogP contribution in [-0.4, -0.2) is 0 Å². The largest absolute Gasteiger partial charge is 0.419 e. The lowest BCUT2D eigenvalue weighted by molar-refractivity contribution is -0.140. The van der Waals surface area contributed by atoms with E-state index in [9.17, 15) is 17.6 Å². The third-order valence-electron chi connectivity index (χ3n) is 7.35. The van der Waals surface area contributed by atoms with Crippen LogP contribution in [0.2, 0.25) is 0 Å². The van der Waals surface area contributed by atoms with Gasteiger partial charge in [0.25, 0.3) is 0 Å². The van der Waals surface area contributed by atoms with Crippen molar-refractivity contribution in [3.63, 3.8) is 0 Å². The highest BCUT2D eigenvalue weighted by Gasteiger charge is 2.34. The molecule has 0 unspecified atom stereocenters. The van der Waals surface area contributed by atoms with Gasteiger partial charge in [-0.2, -0.15) is 13.2 Å². The molecule has 2 aliphatic rings. The molecule has 0 N–H and O–H groups in total. The molecule has 0 spiro atoms. The van der Waals surface area contributed by atoms with Gasteiger partial charge in [0, 0.05) is 0 Å². The zero-order valence-electron chi connectivity index (χ0n) is 18.2. The molecule has 0 aromatic heterocycles. The Morgan fingerprint density at radius 2 is 1.53 bits per heavy atom. The maximum atomic E-state index is 13.9. The average molecular weight is 425 g/mol. The Bertz CT molecular complexity index is 675. The summed E-state index contributed by atoms with van der Waals surface area (Å²) >= 11 is 0. The Kier molecular flexibility index (Phi) is 8.42. The van der Waals surface area contributed by atoms with Crippen molar-refractivity contribution in [1.29, 1.82) is 0 Å². The molecule has 0 aliphatic heterocycles. The summed E-state index contributed by atoms with van der Waals surface area (Å²) in [6.07, 6.45) is 14.7. The Morgan fingerprint density at radius 1 is 0.900 bits per heavy atom. The van der Waals surface area contributed by atoms with Crippen LogP contribution in [0.5, 0.6) is 0 Å². The Labute approximate surface area is 179 Å². The van der Waals surface area contributed by atoms with Gasteiger partial charge in [0.2, 0.25) is 0 Å². The third-order valence-corrected chi connectivity index (χ3v) is 7.35. The van der Waals surface area contributed by atoms with Crippen molar-refractivity contribution in [2.24, 2.45) is 17.8 Å². The van der Waals surface area contributed by atoms with E-state index in [0.29, 0.717) is 5.92 Å². The van der Waals surface area contributed by atoms with E-state index in [2.05, 4.69) is 19.1 Å². The second kappa shape index (κ2) is 10.8. The lowest BCUT2D eigenvalue weighted by atomic mass is 9.77. The van der Waals surface area contributed by atoms with Crippen molar-refractivity contribution >= 4 is 0 Å². The first-order valence-corrected chi connectivity index (χ1v) is 11.9. The number of alkyl halides is 3. The first-order chi connectivity index (χ1) is 14.4. The predicted molar refractivity (Wildman–Crippen MR) is 115 cm³/mol. The van der Waals surface area contributed by atoms with E-state index in [4.69, 9.17) is 0 Å². The van der Waals surface area contributed by atoms with E-state index in [0.717, 1.165) is 61.6 Å². The van der Waals surface area contributed by atoms with Gasteiger partial charge in [-0.3, -0.25) is 0 Å². The summed E-state index contributed by atoms with van der Waals surface area (Å²) in [4.78, 5) is 0. The van der Waals surface area contributed by atoms with Crippen molar-refractivity contribution in [2.45, 2.75) is 96.1 Å². The number of allylic oxidation sites excluding steroid dienone is 2. The molecule has 30 heavy (non-hydrogen) atoms. The molecule has 0 atom stereocenters. The second-order valence-corrected chi connectivity index (χ2v) is 9.53. The molecule has 1 aromatic carbocycles. The van der Waals surface area contributed by atoms with E-state index >= 15 is 0 Å². The standard InChI is InChI=1S/C26H36F4/c1-2-5-19-8-10-20(11-9-19)6-3-4-7-21-12-14-22(15-13-21)23-16-17-24(25(27)18-23)26(28,29)30/h3,6,16-22H,2,4-5,7-15H2,1H3/b6-3+. The minimum Gasteiger partial charge on any atom is -0.206 e. The molecular formula is C26H36F4. The maximum absolute atomic E-state index is 13.9. The lowest BCUT2D eigenvalue weighted by Gasteiger charge is -2.29. The summed E-state index contributed by atoms with van der Waals surface area (Å²) in [5, 5.41) is 0. The quantitative estimate of drug-likeness (QED) is 0.302. The molecule has 1 aromatic rings. The molecule has 0 saturated heterocycles. The zero-order chi connectivity index (χ0) is 21.6. The van der Waals surface area contributed by atoms with Crippen LogP contribution in [0.1, 0.15) is 101 Å². The minimum atomic E-state index is -4.62. The van der Waals surface area contributed by atoms with Gasteiger partial charge in [-0.1, -0.05) is 38.0 Å². The fraction of sp³-hybridized carbons (Fsp3) is 0.692. The topological polar surface area (TPSA) is 0 Å². The molecule has 3 rings (SSSR count). The molecule has 0 heterocycles. The highest BCUT2D eigenvalue weighted by atomic mass is 19.4. The fourth-order valence-electron chi connectivity index (χ4n) is 5.50. The molecule has 0 amide bonds. The third kappa shape index (κ3) is 6.59. The summed E-state index contributed by atoms with van der Waals surface area (Å²) < 4.78 is 52.1. The number of benzene rings is 1. The summed E-state index contributed by atoms with van der Waals surface area (Å²) in [6, 6.07) is 3.47. The molecule has 0 bridgehead atoms. The molecule has 0 radical (unpaired) electrons. The van der Waals surface area contributed by atoms with Crippen LogP contribution in [0, 0.1) is 23.6 Å². The summed E-state index contributed by atoms with van der Waals surface area (Å²) in [5.74, 6) is 1.45. The van der Waals surface area contributed by atoms with E-state index in [1.54, 1.807) is 0 Å². The smallest absolute Gasteiger partial charge is 0.206 e. The van der Waals surface area contributed by atoms with Gasteiger partial charge in [-0.05, 0) is 106 Å². The van der Waals surface area contributed by atoms with E-state index in [-0.39, 0.29) is 5.92 Å². The lowest BCUT2D eigenvalue weighted by Crippen LogP contribution is -2.14. The molecule has 4 heteroatoms. The van der Waals surface area contributed by atoms with Crippen LogP contribution >= 0.6 is 0 Å².